The van der Waals surface area contributed by atoms with Crippen molar-refractivity contribution < 1.29 is 9.90 Å². The van der Waals surface area contributed by atoms with E-state index in [0.29, 0.717) is 23.1 Å². The second kappa shape index (κ2) is 8.26. The Bertz CT molecular complexity index is 968. The molecule has 2 N–H and O–H groups in total. The average Bonchev–Trinajstić information content (AvgIpc) is 3.06. The fraction of sp³-hybridized carbons (Fsp3) is 0.250. The molecule has 7 heteroatoms. The topological polar surface area (TPSA) is 80.0 Å². The van der Waals surface area contributed by atoms with Crippen LogP contribution in [0.1, 0.15) is 18.1 Å². The van der Waals surface area contributed by atoms with Crippen LogP contribution in [-0.4, -0.2) is 31.5 Å². The molecule has 0 bridgehead atoms. The summed E-state index contributed by atoms with van der Waals surface area (Å²) in [6, 6.07) is 12.9. The molecule has 0 aliphatic rings. The van der Waals surface area contributed by atoms with Crippen LogP contribution in [0.4, 0.5) is 5.69 Å². The Morgan fingerprint density at radius 2 is 1.93 bits per heavy atom. The van der Waals surface area contributed by atoms with E-state index in [9.17, 15) is 9.90 Å². The van der Waals surface area contributed by atoms with Gasteiger partial charge in [-0.3, -0.25) is 4.79 Å². The molecule has 3 rings (SSSR count). The molecule has 1 heterocycles. The zero-order chi connectivity index (χ0) is 19.4. The first-order chi connectivity index (χ1) is 13.0. The minimum atomic E-state index is -0.0991. The number of para-hydroxylation sites is 1. The molecule has 0 aliphatic heterocycles. The fourth-order valence-electron chi connectivity index (χ4n) is 2.69. The van der Waals surface area contributed by atoms with Crippen molar-refractivity contribution in [2.24, 2.45) is 0 Å². The van der Waals surface area contributed by atoms with E-state index in [2.05, 4.69) is 15.5 Å². The van der Waals surface area contributed by atoms with Crippen molar-refractivity contribution >= 4 is 23.4 Å². The molecule has 0 radical (unpaired) electrons. The molecular weight excluding hydrogens is 360 g/mol. The largest absolute Gasteiger partial charge is 0.507 e. The van der Waals surface area contributed by atoms with Gasteiger partial charge in [0.1, 0.15) is 5.75 Å². The Kier molecular flexibility index (Phi) is 5.81. The Labute approximate surface area is 162 Å². The number of carbonyl (C=O) groups is 1. The number of anilines is 1. The Morgan fingerprint density at radius 3 is 2.63 bits per heavy atom. The monoisotopic (exact) mass is 382 g/mol. The third-order valence-electron chi connectivity index (χ3n) is 4.30. The van der Waals surface area contributed by atoms with Gasteiger partial charge >= 0.3 is 0 Å². The predicted octanol–water partition coefficient (Wildman–Crippen LogP) is 4.02. The molecule has 0 saturated heterocycles. The Morgan fingerprint density at radius 1 is 1.15 bits per heavy atom. The van der Waals surface area contributed by atoms with Crippen molar-refractivity contribution in [3.8, 4) is 17.1 Å². The Hall–Kier alpha value is -2.80. The molecule has 1 amide bonds. The number of nitrogens with zero attached hydrogens (tertiary/aromatic N) is 3. The molecule has 0 saturated carbocycles. The van der Waals surface area contributed by atoms with Gasteiger partial charge in [-0.1, -0.05) is 30.0 Å². The summed E-state index contributed by atoms with van der Waals surface area (Å²) in [5.74, 6) is 0.876. The third-order valence-corrected chi connectivity index (χ3v) is 5.27. The standard InChI is InChI=1S/C20H22N4O2S/c1-4-24-19(16-7-5-6-8-17(16)25)22-23-20(24)27-12-18(26)21-15-10-9-13(2)14(3)11-15/h5-11,25H,4,12H2,1-3H3,(H,21,26). The lowest BCUT2D eigenvalue weighted by molar-refractivity contribution is -0.113. The average molecular weight is 382 g/mol. The first-order valence-electron chi connectivity index (χ1n) is 8.71. The van der Waals surface area contributed by atoms with E-state index in [1.54, 1.807) is 18.2 Å². The van der Waals surface area contributed by atoms with Gasteiger partial charge in [0.25, 0.3) is 0 Å². The number of thioether (sulfide) groups is 1. The van der Waals surface area contributed by atoms with Crippen LogP contribution < -0.4 is 5.32 Å². The van der Waals surface area contributed by atoms with Crippen LogP contribution in [0, 0.1) is 13.8 Å². The van der Waals surface area contributed by atoms with Crippen molar-refractivity contribution in [1.29, 1.82) is 0 Å². The lowest BCUT2D eigenvalue weighted by Crippen LogP contribution is -2.14. The van der Waals surface area contributed by atoms with Crippen LogP contribution in [0.25, 0.3) is 11.4 Å². The van der Waals surface area contributed by atoms with Crippen molar-refractivity contribution in [3.63, 3.8) is 0 Å². The number of rotatable bonds is 6. The van der Waals surface area contributed by atoms with E-state index in [1.807, 2.05) is 49.6 Å². The van der Waals surface area contributed by atoms with Gasteiger partial charge in [-0.25, -0.2) is 0 Å². The van der Waals surface area contributed by atoms with Crippen molar-refractivity contribution in [2.75, 3.05) is 11.1 Å². The van der Waals surface area contributed by atoms with Gasteiger partial charge in [0.2, 0.25) is 5.91 Å². The summed E-state index contributed by atoms with van der Waals surface area (Å²) in [6.07, 6.45) is 0. The van der Waals surface area contributed by atoms with Crippen molar-refractivity contribution in [1.82, 2.24) is 14.8 Å². The lowest BCUT2D eigenvalue weighted by Gasteiger charge is -2.09. The van der Waals surface area contributed by atoms with Gasteiger partial charge in [-0.05, 0) is 56.2 Å². The minimum absolute atomic E-state index is 0.0991. The maximum Gasteiger partial charge on any atom is 0.234 e. The maximum atomic E-state index is 12.3. The molecule has 2 aromatic carbocycles. The molecule has 0 aliphatic carbocycles. The third kappa shape index (κ3) is 4.31. The van der Waals surface area contributed by atoms with Gasteiger partial charge in [0.05, 0.1) is 11.3 Å². The van der Waals surface area contributed by atoms with Crippen LogP contribution >= 0.6 is 11.8 Å². The number of phenols is 1. The SMILES string of the molecule is CCn1c(SCC(=O)Nc2ccc(C)c(C)c2)nnc1-c1ccccc1O. The normalized spacial score (nSPS) is 10.8. The molecular formula is C20H22N4O2S. The van der Waals surface area contributed by atoms with Gasteiger partial charge in [-0.15, -0.1) is 10.2 Å². The lowest BCUT2D eigenvalue weighted by atomic mass is 10.1. The van der Waals surface area contributed by atoms with Gasteiger partial charge in [0, 0.05) is 12.2 Å². The molecule has 0 fully saturated rings. The fourth-order valence-corrected chi connectivity index (χ4v) is 3.49. The molecule has 3 aromatic rings. The van der Waals surface area contributed by atoms with Crippen molar-refractivity contribution in [2.45, 2.75) is 32.5 Å². The van der Waals surface area contributed by atoms with Crippen LogP contribution in [-0.2, 0) is 11.3 Å². The van der Waals surface area contributed by atoms with E-state index in [-0.39, 0.29) is 17.4 Å². The number of hydrogen-bond acceptors (Lipinski definition) is 5. The van der Waals surface area contributed by atoms with Crippen LogP contribution in [0.15, 0.2) is 47.6 Å². The van der Waals surface area contributed by atoms with E-state index in [0.717, 1.165) is 11.3 Å². The zero-order valence-corrected chi connectivity index (χ0v) is 16.4. The molecule has 27 heavy (non-hydrogen) atoms. The number of phenolic OH excluding ortho intramolecular Hbond substituents is 1. The van der Waals surface area contributed by atoms with Crippen LogP contribution in [0.2, 0.25) is 0 Å². The Balaban J connectivity index is 1.70. The highest BCUT2D eigenvalue weighted by molar-refractivity contribution is 7.99. The minimum Gasteiger partial charge on any atom is -0.507 e. The second-order valence-corrected chi connectivity index (χ2v) is 7.15. The number of nitrogens with one attached hydrogen (secondary N) is 1. The second-order valence-electron chi connectivity index (χ2n) is 6.20. The number of aromatic hydroxyl groups is 1. The smallest absolute Gasteiger partial charge is 0.234 e. The molecule has 0 atom stereocenters. The molecule has 140 valence electrons. The maximum absolute atomic E-state index is 12.3. The molecule has 6 nitrogen and oxygen atoms in total. The van der Waals surface area contributed by atoms with Gasteiger partial charge in [0.15, 0.2) is 11.0 Å². The highest BCUT2D eigenvalue weighted by Gasteiger charge is 2.16. The summed E-state index contributed by atoms with van der Waals surface area (Å²) in [4.78, 5) is 12.3. The zero-order valence-electron chi connectivity index (χ0n) is 15.6. The van der Waals surface area contributed by atoms with Crippen LogP contribution in [0.5, 0.6) is 5.75 Å². The number of aromatic nitrogens is 3. The molecule has 1 aromatic heterocycles. The quantitative estimate of drug-likeness (QED) is 0.630. The molecule has 0 spiro atoms. The predicted molar refractivity (Wildman–Crippen MR) is 108 cm³/mol. The summed E-state index contributed by atoms with van der Waals surface area (Å²) in [5.41, 5.74) is 3.74. The van der Waals surface area contributed by atoms with Crippen LogP contribution in [0.3, 0.4) is 0 Å². The number of benzene rings is 2. The molecule has 0 unspecified atom stereocenters. The number of hydrogen-bond donors (Lipinski definition) is 2. The van der Waals surface area contributed by atoms with E-state index >= 15 is 0 Å². The number of aryl methyl sites for hydroxylation is 2. The summed E-state index contributed by atoms with van der Waals surface area (Å²) in [6.45, 7) is 6.67. The number of amides is 1. The number of carbonyl (C=O) groups excluding carboxylic acids is 1. The van der Waals surface area contributed by atoms with Crippen molar-refractivity contribution in [3.05, 3.63) is 53.6 Å². The van der Waals surface area contributed by atoms with Gasteiger partial charge in [-0.2, -0.15) is 0 Å². The van der Waals surface area contributed by atoms with E-state index in [4.69, 9.17) is 0 Å². The first kappa shape index (κ1) is 19.0. The summed E-state index contributed by atoms with van der Waals surface area (Å²) in [7, 11) is 0. The van der Waals surface area contributed by atoms with E-state index in [1.165, 1.54) is 17.3 Å². The van der Waals surface area contributed by atoms with E-state index < -0.39 is 0 Å². The highest BCUT2D eigenvalue weighted by Crippen LogP contribution is 2.30. The summed E-state index contributed by atoms with van der Waals surface area (Å²) in [5, 5.41) is 22.0. The summed E-state index contributed by atoms with van der Waals surface area (Å²) >= 11 is 1.32. The summed E-state index contributed by atoms with van der Waals surface area (Å²) < 4.78 is 1.89. The van der Waals surface area contributed by atoms with Gasteiger partial charge < -0.3 is 15.0 Å². The highest BCUT2D eigenvalue weighted by atomic mass is 32.2. The first-order valence-corrected chi connectivity index (χ1v) is 9.69.